The first-order chi connectivity index (χ1) is 20.1. The minimum Gasteiger partial charge on any atom is -0.507 e. The van der Waals surface area contributed by atoms with Crippen molar-refractivity contribution >= 4 is 12.4 Å². The molecule has 0 unspecified atom stereocenters. The first kappa shape index (κ1) is 35.2. The average Bonchev–Trinajstić information content (AvgIpc) is 2.95. The van der Waals surface area contributed by atoms with Crippen LogP contribution < -0.4 is 9.47 Å². The molecule has 2 aromatic carbocycles. The van der Waals surface area contributed by atoms with E-state index in [1.54, 1.807) is 24.6 Å². The number of aliphatic imine (C=N–C) groups is 2. The summed E-state index contributed by atoms with van der Waals surface area (Å²) in [5.41, 5.74) is 0.0881. The van der Waals surface area contributed by atoms with E-state index in [0.717, 1.165) is 12.8 Å². The van der Waals surface area contributed by atoms with Crippen LogP contribution in [0.15, 0.2) is 46.4 Å². The fourth-order valence-corrected chi connectivity index (χ4v) is 4.37. The lowest BCUT2D eigenvalue weighted by molar-refractivity contribution is 0.302. The minimum absolute atomic E-state index is 0.139. The van der Waals surface area contributed by atoms with Crippen molar-refractivity contribution in [2.45, 2.75) is 130 Å². The Morgan fingerprint density at radius 2 is 0.929 bits per heavy atom. The largest absolute Gasteiger partial charge is 0.507 e. The second-order valence-corrected chi connectivity index (χ2v) is 12.3. The van der Waals surface area contributed by atoms with Gasteiger partial charge in [-0.3, -0.25) is 9.98 Å². The number of hydrogen-bond acceptors (Lipinski definition) is 6. The van der Waals surface area contributed by atoms with E-state index < -0.39 is 11.1 Å². The molecule has 0 atom stereocenters. The number of phenolic OH excluding ortho intramolecular Hbond substituents is 2. The molecule has 0 saturated heterocycles. The average molecular weight is 581 g/mol. The van der Waals surface area contributed by atoms with Crippen LogP contribution in [0, 0.1) is 0 Å². The molecule has 0 aliphatic heterocycles. The van der Waals surface area contributed by atoms with Crippen LogP contribution in [0.3, 0.4) is 0 Å². The third-order valence-electron chi connectivity index (χ3n) is 8.09. The lowest BCUT2D eigenvalue weighted by atomic mass is 9.83. The highest BCUT2D eigenvalue weighted by atomic mass is 16.5. The van der Waals surface area contributed by atoms with Gasteiger partial charge in [0.1, 0.15) is 23.0 Å². The van der Waals surface area contributed by atoms with Crippen molar-refractivity contribution < 1.29 is 19.7 Å². The van der Waals surface area contributed by atoms with E-state index >= 15 is 0 Å². The molecule has 0 aromatic heterocycles. The molecular weight excluding hydrogens is 524 g/mol. The van der Waals surface area contributed by atoms with Crippen LogP contribution in [0.4, 0.5) is 0 Å². The van der Waals surface area contributed by atoms with Gasteiger partial charge in [-0.25, -0.2) is 0 Å². The van der Waals surface area contributed by atoms with Crippen molar-refractivity contribution in [2.75, 3.05) is 13.2 Å². The van der Waals surface area contributed by atoms with Gasteiger partial charge < -0.3 is 19.7 Å². The van der Waals surface area contributed by atoms with Gasteiger partial charge in [-0.15, -0.1) is 0 Å². The van der Waals surface area contributed by atoms with Crippen molar-refractivity contribution in [3.05, 3.63) is 47.5 Å². The van der Waals surface area contributed by atoms with Gasteiger partial charge in [-0.2, -0.15) is 0 Å². The summed E-state index contributed by atoms with van der Waals surface area (Å²) in [6.07, 6.45) is 17.9. The first-order valence-corrected chi connectivity index (χ1v) is 16.1. The summed E-state index contributed by atoms with van der Waals surface area (Å²) in [7, 11) is 0. The van der Waals surface area contributed by atoms with Crippen LogP contribution in [-0.4, -0.2) is 46.9 Å². The van der Waals surface area contributed by atoms with E-state index in [1.807, 2.05) is 52.0 Å². The van der Waals surface area contributed by atoms with E-state index in [-0.39, 0.29) is 11.5 Å². The molecule has 2 aromatic rings. The van der Waals surface area contributed by atoms with Gasteiger partial charge >= 0.3 is 0 Å². The molecule has 0 aliphatic rings. The third-order valence-corrected chi connectivity index (χ3v) is 8.09. The summed E-state index contributed by atoms with van der Waals surface area (Å²) in [6.45, 7) is 13.8. The maximum absolute atomic E-state index is 10.6. The Morgan fingerprint density at radius 3 is 1.29 bits per heavy atom. The Labute approximate surface area is 255 Å². The fourth-order valence-electron chi connectivity index (χ4n) is 4.37. The number of phenols is 2. The summed E-state index contributed by atoms with van der Waals surface area (Å²) in [4.78, 5) is 9.58. The quantitative estimate of drug-likeness (QED) is 0.114. The second-order valence-electron chi connectivity index (χ2n) is 12.3. The van der Waals surface area contributed by atoms with Crippen LogP contribution in [0.2, 0.25) is 0 Å². The van der Waals surface area contributed by atoms with Gasteiger partial charge in [0.2, 0.25) is 0 Å². The van der Waals surface area contributed by atoms with E-state index in [2.05, 4.69) is 13.8 Å². The highest BCUT2D eigenvalue weighted by Crippen LogP contribution is 2.31. The molecular formula is C36H56N2O4. The van der Waals surface area contributed by atoms with Crippen LogP contribution in [-0.2, 0) is 0 Å². The normalized spacial score (nSPS) is 12.4. The molecule has 0 spiro atoms. The Hall–Kier alpha value is -3.02. The standard InChI is InChI=1S/C36H56N2O4/c1-7-9-11-13-15-17-23-41-31-21-19-29(33(39)25-31)27-37-35(3,4)36(5,6)38-28-30-20-22-32(26-34(30)40)42-24-18-16-14-12-10-8-2/h19-22,25-28,39-40H,7-18,23-24H2,1-6H3. The van der Waals surface area contributed by atoms with Crippen LogP contribution in [0.25, 0.3) is 0 Å². The maximum Gasteiger partial charge on any atom is 0.128 e. The molecule has 0 saturated carbocycles. The molecule has 0 bridgehead atoms. The van der Waals surface area contributed by atoms with E-state index in [0.29, 0.717) is 35.8 Å². The number of aromatic hydroxyl groups is 2. The molecule has 42 heavy (non-hydrogen) atoms. The van der Waals surface area contributed by atoms with Gasteiger partial charge in [-0.05, 0) is 64.8 Å². The number of benzene rings is 2. The number of unbranched alkanes of at least 4 members (excludes halogenated alkanes) is 10. The number of ether oxygens (including phenoxy) is 2. The molecule has 2 rings (SSSR count). The lowest BCUT2D eigenvalue weighted by Gasteiger charge is -2.35. The summed E-state index contributed by atoms with van der Waals surface area (Å²) >= 11 is 0. The van der Waals surface area contributed by atoms with E-state index in [9.17, 15) is 10.2 Å². The van der Waals surface area contributed by atoms with Crippen molar-refractivity contribution in [1.29, 1.82) is 0 Å². The summed E-state index contributed by atoms with van der Waals surface area (Å²) in [5, 5.41) is 21.1. The Bertz CT molecular complexity index is 1020. The van der Waals surface area contributed by atoms with Crippen LogP contribution >= 0.6 is 0 Å². The smallest absolute Gasteiger partial charge is 0.128 e. The zero-order chi connectivity index (χ0) is 30.8. The monoisotopic (exact) mass is 580 g/mol. The Morgan fingerprint density at radius 1 is 0.571 bits per heavy atom. The van der Waals surface area contributed by atoms with Gasteiger partial charge in [0, 0.05) is 35.7 Å². The maximum atomic E-state index is 10.6. The van der Waals surface area contributed by atoms with Crippen LogP contribution in [0.5, 0.6) is 23.0 Å². The molecule has 6 heteroatoms. The topological polar surface area (TPSA) is 83.6 Å². The van der Waals surface area contributed by atoms with Crippen molar-refractivity contribution in [3.63, 3.8) is 0 Å². The predicted molar refractivity (Wildman–Crippen MR) is 177 cm³/mol. The third kappa shape index (κ3) is 12.5. The molecule has 0 aliphatic carbocycles. The van der Waals surface area contributed by atoms with Crippen molar-refractivity contribution in [1.82, 2.24) is 0 Å². The summed E-state index contributed by atoms with van der Waals surface area (Å²) < 4.78 is 11.7. The molecule has 0 heterocycles. The van der Waals surface area contributed by atoms with Gasteiger partial charge in [0.25, 0.3) is 0 Å². The SMILES string of the molecule is CCCCCCCCOc1ccc(C=NC(C)(C)C(C)(C)N=Cc2ccc(OCCCCCCCC)cc2O)c(O)c1. The van der Waals surface area contributed by atoms with Crippen molar-refractivity contribution in [2.24, 2.45) is 9.98 Å². The number of hydrogen-bond donors (Lipinski definition) is 2. The van der Waals surface area contributed by atoms with Gasteiger partial charge in [-0.1, -0.05) is 78.1 Å². The number of rotatable bonds is 21. The highest BCUT2D eigenvalue weighted by molar-refractivity contribution is 5.85. The molecule has 6 nitrogen and oxygen atoms in total. The van der Waals surface area contributed by atoms with Gasteiger partial charge in [0.15, 0.2) is 0 Å². The Kier molecular flexibility index (Phi) is 15.5. The molecule has 0 fully saturated rings. The van der Waals surface area contributed by atoms with E-state index in [4.69, 9.17) is 19.5 Å². The molecule has 234 valence electrons. The first-order valence-electron chi connectivity index (χ1n) is 16.1. The summed E-state index contributed by atoms with van der Waals surface area (Å²) in [5.74, 6) is 1.61. The summed E-state index contributed by atoms with van der Waals surface area (Å²) in [6, 6.07) is 10.7. The van der Waals surface area contributed by atoms with Crippen LogP contribution in [0.1, 0.15) is 130 Å². The van der Waals surface area contributed by atoms with Gasteiger partial charge in [0.05, 0.1) is 24.3 Å². The molecule has 0 amide bonds. The number of nitrogens with zero attached hydrogens (tertiary/aromatic N) is 2. The minimum atomic E-state index is -0.585. The highest BCUT2D eigenvalue weighted by Gasteiger charge is 2.35. The molecule has 0 radical (unpaired) electrons. The zero-order valence-electron chi connectivity index (χ0n) is 27.1. The molecule has 2 N–H and O–H groups in total. The second kappa shape index (κ2) is 18.5. The van der Waals surface area contributed by atoms with Crippen molar-refractivity contribution in [3.8, 4) is 23.0 Å². The predicted octanol–water partition coefficient (Wildman–Crippen LogP) is 9.67. The lowest BCUT2D eigenvalue weighted by Crippen LogP contribution is -2.42. The zero-order valence-corrected chi connectivity index (χ0v) is 27.1. The fraction of sp³-hybridized carbons (Fsp3) is 0.611. The Balaban J connectivity index is 1.90. The van der Waals surface area contributed by atoms with E-state index in [1.165, 1.54) is 64.2 Å².